The molecule has 3 saturated heterocycles. The Morgan fingerprint density at radius 3 is 1.10 bits per heavy atom. The van der Waals surface area contributed by atoms with E-state index in [2.05, 4.69) is 135 Å². The van der Waals surface area contributed by atoms with E-state index in [4.69, 9.17) is 29.7 Å². The predicted octanol–water partition coefficient (Wildman–Crippen LogP) is 10.7. The number of hydrogen-bond acceptors (Lipinski definition) is 11. The van der Waals surface area contributed by atoms with Crippen LogP contribution in [-0.4, -0.2) is 100.0 Å². The average molecular weight is 1490 g/mol. The minimum Gasteiger partial charge on any atom is -0.549 e. The molecule has 3 heterocycles. The number of esters is 2. The van der Waals surface area contributed by atoms with Gasteiger partial charge < -0.3 is 55.0 Å². The number of hydrogen-bond donors (Lipinski definition) is 4. The molecule has 6 aliphatic carbocycles. The Morgan fingerprint density at radius 1 is 0.519 bits per heavy atom. The molecule has 7 aromatic rings. The van der Waals surface area contributed by atoms with Gasteiger partial charge in [-0.3, -0.25) is 19.2 Å². The number of aryl methyl sites for hydroxylation is 7. The Labute approximate surface area is 680 Å². The van der Waals surface area contributed by atoms with Crippen molar-refractivity contribution in [3.63, 3.8) is 0 Å². The molecule has 6 saturated carbocycles. The van der Waals surface area contributed by atoms with Gasteiger partial charge in [0.15, 0.2) is 10.8 Å². The Balaban J connectivity index is 0.000000191. The summed E-state index contributed by atoms with van der Waals surface area (Å²) in [5.41, 5.74) is 14.4. The molecule has 16 nitrogen and oxygen atoms in total. The van der Waals surface area contributed by atoms with Crippen LogP contribution in [0.2, 0.25) is 0 Å². The number of nitriles is 1. The van der Waals surface area contributed by atoms with Gasteiger partial charge in [0.1, 0.15) is 5.41 Å². The average Bonchev–Trinajstić information content (AvgIpc) is 1.56. The summed E-state index contributed by atoms with van der Waals surface area (Å²) in [5, 5.41) is 37.7. The number of amides is 1. The van der Waals surface area contributed by atoms with E-state index in [0.29, 0.717) is 41.6 Å². The molecule has 19 heteroatoms. The first-order valence-corrected chi connectivity index (χ1v) is 35.2. The fourth-order valence-electron chi connectivity index (χ4n) is 15.0. The maximum Gasteiger partial charge on any atom is 1.00 e. The van der Waals surface area contributed by atoms with E-state index in [-0.39, 0.29) is 111 Å². The molecule has 0 radical (unpaired) electrons. The van der Waals surface area contributed by atoms with E-state index in [1.54, 1.807) is 29.3 Å². The molecule has 1 amide bonds. The SMILES string of the molecule is C=CC#N.COC(=O)C(C)c1ccc(C)cc1.Cc1ccc(C23CC2CNC3=O)cc1.Cc1ccc(C23CNCC2C3)cc1.Cc1ccc(C23CNCC2C3)cc1.Cl.Cl.[C-]#[N+]C1CC1(C(=O)O)c1ccc(C)cc1.[C-]#[N+]C1CC1(C(=O)OC)c1ccc(C)cc1.[C-]#[N+]C1CC1(C(=O)[O-])c1ccc(C)cc1.[K+]. The number of benzene rings is 7. The van der Waals surface area contributed by atoms with Crippen LogP contribution in [0.5, 0.6) is 0 Å². The Morgan fingerprint density at radius 2 is 0.840 bits per heavy atom. The van der Waals surface area contributed by atoms with Crippen LogP contribution in [0.1, 0.15) is 129 Å². The second-order valence-corrected chi connectivity index (χ2v) is 29.2. The van der Waals surface area contributed by atoms with E-state index >= 15 is 0 Å². The number of carbonyl (C=O) groups excluding carboxylic acids is 4. The third kappa shape index (κ3) is 18.8. The van der Waals surface area contributed by atoms with Crippen LogP contribution in [0.3, 0.4) is 0 Å². The van der Waals surface area contributed by atoms with Gasteiger partial charge in [-0.25, -0.2) is 19.7 Å². The van der Waals surface area contributed by atoms with E-state index in [1.165, 1.54) is 87.1 Å². The van der Waals surface area contributed by atoms with Crippen LogP contribution in [0.15, 0.2) is 183 Å². The molecule has 106 heavy (non-hydrogen) atoms. The minimum atomic E-state index is -1.13. The van der Waals surface area contributed by atoms with Crippen molar-refractivity contribution in [1.29, 1.82) is 5.26 Å². The molecule has 4 N–H and O–H groups in total. The maximum absolute atomic E-state index is 11.8. The number of piperidine rings is 3. The standard InChI is InChI=1S/C13H13NO2.2C12H11NO2.C12H13NO.2C12H15N.C11H14O2.C3H3N.2ClH.K/c1-9-4-6-10(7-5-9)13(12(15)16-3)8-11(13)14-2;2*1-8-3-5-9(6-4-8)12(11(14)15)7-10(12)13-2;1-8-2-4-9(5-3-8)12-6-10(12)7-13-11(12)14;2*1-9-2-4-10(5-3-9)12-6-11(12)7-13-8-12;1-8-4-6-10(7-5-8)9(2)11(12)13-3;1-2-3-4;;;/h4-7,11H,8H2,1,3H3;2*3-6,10H,7H2,1H3,(H,14,15);2-5,10H,6-7H2,1H3,(H,13,14);2*2-5,11,13H,6-8H2,1H3;4-7,9H,1-3H3;2H,1H2;2*1H;/q;;;;;;;;;;+1/p-1. The number of fused-ring (bicyclic) bond motifs is 3. The van der Waals surface area contributed by atoms with E-state index in [0.717, 1.165) is 58.2 Å². The van der Waals surface area contributed by atoms with Gasteiger partial charge in [-0.1, -0.05) is 215 Å². The van der Waals surface area contributed by atoms with Crippen molar-refractivity contribution in [3.05, 3.63) is 295 Å². The zero-order valence-corrected chi connectivity index (χ0v) is 67.3. The normalized spacial score (nSPS) is 26.9. The Bertz CT molecular complexity index is 4250. The van der Waals surface area contributed by atoms with Crippen LogP contribution in [-0.2, 0) is 65.9 Å². The van der Waals surface area contributed by atoms with E-state index in [1.807, 2.05) is 120 Å². The van der Waals surface area contributed by atoms with Crippen molar-refractivity contribution in [3.8, 4) is 6.07 Å². The molecule has 13 atom stereocenters. The largest absolute Gasteiger partial charge is 1.00 e. The van der Waals surface area contributed by atoms with Crippen molar-refractivity contribution in [1.82, 2.24) is 16.0 Å². The predicted molar refractivity (Wildman–Crippen MR) is 412 cm³/mol. The minimum absolute atomic E-state index is 0. The maximum atomic E-state index is 11.8. The molecule has 0 bridgehead atoms. The van der Waals surface area contributed by atoms with Gasteiger partial charge in [0.2, 0.25) is 24.0 Å². The second-order valence-electron chi connectivity index (χ2n) is 29.2. The number of allylic oxidation sites excluding steroid dienone is 1. The quantitative estimate of drug-likeness (QED) is 0.0411. The van der Waals surface area contributed by atoms with Crippen LogP contribution >= 0.6 is 24.8 Å². The van der Waals surface area contributed by atoms with Gasteiger partial charge in [0.05, 0.1) is 50.4 Å². The molecule has 3 aliphatic heterocycles. The topological polar surface area (TPSA) is 220 Å². The summed E-state index contributed by atoms with van der Waals surface area (Å²) in [6.45, 7) is 45.8. The fraction of sp³-hybridized carbons (Fsp3) is 0.391. The van der Waals surface area contributed by atoms with Crippen LogP contribution in [0.25, 0.3) is 14.5 Å². The molecule has 7 aromatic carbocycles. The first-order chi connectivity index (χ1) is 49.3. The van der Waals surface area contributed by atoms with Gasteiger partial charge in [-0.05, 0) is 144 Å². The zero-order valence-electron chi connectivity index (χ0n) is 62.6. The van der Waals surface area contributed by atoms with E-state index in [9.17, 15) is 34.2 Å². The molecular weight excluding hydrogens is 1400 g/mol. The van der Waals surface area contributed by atoms with Gasteiger partial charge in [-0.2, -0.15) is 5.26 Å². The number of nitrogens with zero attached hydrogens (tertiary/aromatic N) is 4. The van der Waals surface area contributed by atoms with Crippen molar-refractivity contribution in [2.75, 3.05) is 46.9 Å². The van der Waals surface area contributed by atoms with Crippen LogP contribution in [0, 0.1) is 97.3 Å². The second kappa shape index (κ2) is 37.0. The number of ether oxygens (including phenoxy) is 2. The summed E-state index contributed by atoms with van der Waals surface area (Å²) in [4.78, 5) is 67.1. The summed E-state index contributed by atoms with van der Waals surface area (Å²) < 4.78 is 9.47. The van der Waals surface area contributed by atoms with Crippen molar-refractivity contribution in [2.24, 2.45) is 17.8 Å². The summed E-state index contributed by atoms with van der Waals surface area (Å²) in [7, 11) is 2.78. The molecule has 13 unspecified atom stereocenters. The van der Waals surface area contributed by atoms with Crippen LogP contribution in [0.4, 0.5) is 0 Å². The number of rotatable bonds is 11. The summed E-state index contributed by atoms with van der Waals surface area (Å²) in [6.07, 6.45) is 6.43. The monoisotopic (exact) mass is 1490 g/mol. The van der Waals surface area contributed by atoms with Gasteiger partial charge >= 0.3 is 69.3 Å². The van der Waals surface area contributed by atoms with Crippen molar-refractivity contribution in [2.45, 2.75) is 150 Å². The first kappa shape index (κ1) is 86.6. The first-order valence-electron chi connectivity index (χ1n) is 35.2. The van der Waals surface area contributed by atoms with Gasteiger partial charge in [0.25, 0.3) is 0 Å². The van der Waals surface area contributed by atoms with Gasteiger partial charge in [0, 0.05) is 43.0 Å². The molecule has 9 aliphatic rings. The Kier molecular flexibility index (Phi) is 30.3. The molecular formula is C87H96Cl2KN7O9. The molecule has 0 aromatic heterocycles. The number of nitrogens with one attached hydrogen (secondary N) is 3. The van der Waals surface area contributed by atoms with Crippen molar-refractivity contribution >= 4 is 54.6 Å². The number of aliphatic carboxylic acids is 2. The number of methoxy groups -OCH3 is 2. The van der Waals surface area contributed by atoms with Crippen LogP contribution < -0.4 is 72.4 Å². The van der Waals surface area contributed by atoms with E-state index < -0.39 is 40.3 Å². The zero-order chi connectivity index (χ0) is 74.7. The molecule has 16 rings (SSSR count). The molecule has 9 fully saturated rings. The Hall–Kier alpha value is -8.27. The van der Waals surface area contributed by atoms with Crippen molar-refractivity contribution < 1.29 is 95.0 Å². The number of carbonyl (C=O) groups is 5. The number of halogens is 2. The third-order valence-corrected chi connectivity index (χ3v) is 22.4. The smallest absolute Gasteiger partial charge is 0.549 e. The fourth-order valence-corrected chi connectivity index (χ4v) is 15.0. The third-order valence-electron chi connectivity index (χ3n) is 22.4. The summed E-state index contributed by atoms with van der Waals surface area (Å²) in [5.74, 6) is -0.0408. The number of carboxylic acids is 2. The number of carboxylic acid groups (broad SMARTS) is 2. The summed E-state index contributed by atoms with van der Waals surface area (Å²) >= 11 is 0. The summed E-state index contributed by atoms with van der Waals surface area (Å²) in [6, 6.07) is 57.4. The molecule has 0 spiro atoms. The van der Waals surface area contributed by atoms with Gasteiger partial charge in [-0.15, -0.1) is 24.8 Å². The molecule has 548 valence electrons.